The predicted octanol–water partition coefficient (Wildman–Crippen LogP) is 2.08. The van der Waals surface area contributed by atoms with E-state index in [4.69, 9.17) is 4.74 Å². The summed E-state index contributed by atoms with van der Waals surface area (Å²) in [5.74, 6) is 1.01. The van der Waals surface area contributed by atoms with Gasteiger partial charge in [-0.3, -0.25) is 9.88 Å². The lowest BCUT2D eigenvalue weighted by molar-refractivity contribution is 0.0440. The highest BCUT2D eigenvalue weighted by atomic mass is 16.5. The van der Waals surface area contributed by atoms with Crippen molar-refractivity contribution in [2.24, 2.45) is 5.92 Å². The Kier molecular flexibility index (Phi) is 4.16. The van der Waals surface area contributed by atoms with E-state index in [1.54, 1.807) is 0 Å². The quantitative estimate of drug-likeness (QED) is 0.832. The molecule has 3 fully saturated rings. The Morgan fingerprint density at radius 2 is 2.14 bits per heavy atom. The van der Waals surface area contributed by atoms with Crippen molar-refractivity contribution in [3.05, 3.63) is 29.6 Å². The molecule has 0 amide bonds. The summed E-state index contributed by atoms with van der Waals surface area (Å²) in [6.07, 6.45) is 4.49. The zero-order valence-corrected chi connectivity index (χ0v) is 13.6. The maximum Gasteiger partial charge on any atom is 0.0892 e. The number of hydrogen-bond donors (Lipinski definition) is 0. The van der Waals surface area contributed by atoms with Crippen molar-refractivity contribution in [3.63, 3.8) is 0 Å². The average Bonchev–Trinajstić information content (AvgIpc) is 3.22. The van der Waals surface area contributed by atoms with Gasteiger partial charge in [-0.2, -0.15) is 0 Å². The maximum atomic E-state index is 6.14. The van der Waals surface area contributed by atoms with Gasteiger partial charge in [0, 0.05) is 44.5 Å². The maximum absolute atomic E-state index is 6.14. The second kappa shape index (κ2) is 6.26. The van der Waals surface area contributed by atoms with Gasteiger partial charge in [-0.1, -0.05) is 6.07 Å². The van der Waals surface area contributed by atoms with Crippen LogP contribution in [-0.4, -0.2) is 59.7 Å². The second-order valence-corrected chi connectivity index (χ2v) is 7.29. The summed E-state index contributed by atoms with van der Waals surface area (Å²) in [6, 6.07) is 6.87. The first kappa shape index (κ1) is 14.6. The summed E-state index contributed by atoms with van der Waals surface area (Å²) in [6.45, 7) is 8.85. The number of fused-ring (bicyclic) bond motifs is 1. The van der Waals surface area contributed by atoms with E-state index >= 15 is 0 Å². The molecular formula is C18H27N3O. The van der Waals surface area contributed by atoms with E-state index in [1.165, 1.54) is 45.4 Å². The molecule has 0 bridgehead atoms. The van der Waals surface area contributed by atoms with Gasteiger partial charge in [0.25, 0.3) is 0 Å². The largest absolute Gasteiger partial charge is 0.371 e. The Bertz CT molecular complexity index is 517. The van der Waals surface area contributed by atoms with Crippen LogP contribution < -0.4 is 0 Å². The van der Waals surface area contributed by atoms with Gasteiger partial charge >= 0.3 is 0 Å². The zero-order chi connectivity index (χ0) is 14.9. The SMILES string of the molecule is Cc1cccc(CO[C@@H]2C[C@@H]3CN(CC4CC4)CCN3C2)n1. The van der Waals surface area contributed by atoms with Crippen LogP contribution in [0.4, 0.5) is 0 Å². The minimum Gasteiger partial charge on any atom is -0.371 e. The van der Waals surface area contributed by atoms with Crippen molar-refractivity contribution < 1.29 is 4.74 Å². The van der Waals surface area contributed by atoms with Gasteiger partial charge in [0.2, 0.25) is 0 Å². The van der Waals surface area contributed by atoms with Gasteiger partial charge in [0.15, 0.2) is 0 Å². The number of pyridine rings is 1. The molecule has 22 heavy (non-hydrogen) atoms. The molecule has 1 aliphatic carbocycles. The molecule has 2 atom stereocenters. The molecular weight excluding hydrogens is 274 g/mol. The molecule has 0 radical (unpaired) electrons. The van der Waals surface area contributed by atoms with E-state index in [2.05, 4.69) is 26.9 Å². The highest BCUT2D eigenvalue weighted by Crippen LogP contribution is 2.32. The third-order valence-electron chi connectivity index (χ3n) is 5.29. The molecule has 4 heteroatoms. The fraction of sp³-hybridized carbons (Fsp3) is 0.722. The Balaban J connectivity index is 1.27. The van der Waals surface area contributed by atoms with Gasteiger partial charge in [-0.05, 0) is 44.2 Å². The molecule has 0 N–H and O–H groups in total. The third-order valence-corrected chi connectivity index (χ3v) is 5.29. The van der Waals surface area contributed by atoms with Crippen LogP contribution in [0, 0.1) is 12.8 Å². The second-order valence-electron chi connectivity index (χ2n) is 7.29. The van der Waals surface area contributed by atoms with Crippen molar-refractivity contribution in [2.45, 2.75) is 44.9 Å². The number of piperazine rings is 1. The number of rotatable bonds is 5. The fourth-order valence-corrected chi connectivity index (χ4v) is 3.90. The van der Waals surface area contributed by atoms with E-state index < -0.39 is 0 Å². The monoisotopic (exact) mass is 301 g/mol. The Morgan fingerprint density at radius 1 is 1.23 bits per heavy atom. The Morgan fingerprint density at radius 3 is 2.95 bits per heavy atom. The molecule has 2 aliphatic heterocycles. The minimum absolute atomic E-state index is 0.383. The molecule has 2 saturated heterocycles. The molecule has 1 aromatic heterocycles. The van der Waals surface area contributed by atoms with Crippen LogP contribution in [0.25, 0.3) is 0 Å². The summed E-state index contributed by atoms with van der Waals surface area (Å²) in [4.78, 5) is 9.85. The molecule has 0 unspecified atom stereocenters. The minimum atomic E-state index is 0.383. The first-order chi connectivity index (χ1) is 10.8. The van der Waals surface area contributed by atoms with Crippen molar-refractivity contribution in [1.29, 1.82) is 0 Å². The molecule has 4 rings (SSSR count). The van der Waals surface area contributed by atoms with Crippen molar-refractivity contribution in [2.75, 3.05) is 32.7 Å². The normalized spacial score (nSPS) is 29.7. The molecule has 1 saturated carbocycles. The summed E-state index contributed by atoms with van der Waals surface area (Å²) < 4.78 is 6.14. The fourth-order valence-electron chi connectivity index (χ4n) is 3.90. The van der Waals surface area contributed by atoms with Crippen molar-refractivity contribution in [3.8, 4) is 0 Å². The van der Waals surface area contributed by atoms with Crippen LogP contribution in [0.5, 0.6) is 0 Å². The Hall–Kier alpha value is -0.970. The smallest absolute Gasteiger partial charge is 0.0892 e. The number of hydrogen-bond acceptors (Lipinski definition) is 4. The molecule has 1 aromatic rings. The van der Waals surface area contributed by atoms with E-state index in [1.807, 2.05) is 13.0 Å². The molecule has 120 valence electrons. The first-order valence-electron chi connectivity index (χ1n) is 8.77. The number of aryl methyl sites for hydroxylation is 1. The lowest BCUT2D eigenvalue weighted by atomic mass is 10.1. The van der Waals surface area contributed by atoms with Gasteiger partial charge in [0.05, 0.1) is 18.4 Å². The standard InChI is InChI=1S/C18H27N3O/c1-14-3-2-4-16(19-14)13-22-18-9-17-11-20(10-15-5-6-15)7-8-21(17)12-18/h2-4,15,17-18H,5-13H2,1H3/t17-,18-/m1/s1. The van der Waals surface area contributed by atoms with E-state index in [0.717, 1.165) is 23.9 Å². The average molecular weight is 301 g/mol. The van der Waals surface area contributed by atoms with Crippen LogP contribution in [0.1, 0.15) is 30.7 Å². The van der Waals surface area contributed by atoms with Crippen LogP contribution in [0.2, 0.25) is 0 Å². The van der Waals surface area contributed by atoms with E-state index in [0.29, 0.717) is 18.8 Å². The Labute approximate surface area is 133 Å². The molecule has 3 heterocycles. The molecule has 0 aromatic carbocycles. The zero-order valence-electron chi connectivity index (χ0n) is 13.6. The van der Waals surface area contributed by atoms with Crippen LogP contribution in [-0.2, 0) is 11.3 Å². The lowest BCUT2D eigenvalue weighted by Crippen LogP contribution is -2.50. The van der Waals surface area contributed by atoms with Gasteiger partial charge in [-0.25, -0.2) is 0 Å². The summed E-state index contributed by atoms with van der Waals surface area (Å²) in [7, 11) is 0. The third kappa shape index (κ3) is 3.50. The van der Waals surface area contributed by atoms with E-state index in [-0.39, 0.29) is 0 Å². The van der Waals surface area contributed by atoms with Crippen molar-refractivity contribution in [1.82, 2.24) is 14.8 Å². The van der Waals surface area contributed by atoms with Crippen LogP contribution >= 0.6 is 0 Å². The highest BCUT2D eigenvalue weighted by molar-refractivity contribution is 5.09. The van der Waals surface area contributed by atoms with Crippen LogP contribution in [0.15, 0.2) is 18.2 Å². The predicted molar refractivity (Wildman–Crippen MR) is 86.7 cm³/mol. The topological polar surface area (TPSA) is 28.6 Å². The number of ether oxygens (including phenoxy) is 1. The van der Waals surface area contributed by atoms with Gasteiger partial charge in [0.1, 0.15) is 0 Å². The lowest BCUT2D eigenvalue weighted by Gasteiger charge is -2.37. The summed E-state index contributed by atoms with van der Waals surface area (Å²) in [5.41, 5.74) is 2.13. The number of nitrogens with zero attached hydrogens (tertiary/aromatic N) is 3. The van der Waals surface area contributed by atoms with Gasteiger partial charge in [-0.15, -0.1) is 0 Å². The summed E-state index contributed by atoms with van der Waals surface area (Å²) >= 11 is 0. The van der Waals surface area contributed by atoms with Crippen molar-refractivity contribution >= 4 is 0 Å². The number of aromatic nitrogens is 1. The molecule has 0 spiro atoms. The summed E-state index contributed by atoms with van der Waals surface area (Å²) in [5, 5.41) is 0. The van der Waals surface area contributed by atoms with E-state index in [9.17, 15) is 0 Å². The van der Waals surface area contributed by atoms with Crippen LogP contribution in [0.3, 0.4) is 0 Å². The first-order valence-corrected chi connectivity index (χ1v) is 8.77. The van der Waals surface area contributed by atoms with Gasteiger partial charge < -0.3 is 9.64 Å². The molecule has 3 aliphatic rings. The highest BCUT2D eigenvalue weighted by Gasteiger charge is 2.37. The molecule has 4 nitrogen and oxygen atoms in total.